The summed E-state index contributed by atoms with van der Waals surface area (Å²) >= 11 is 0. The van der Waals surface area contributed by atoms with Crippen LogP contribution in [0.5, 0.6) is 0 Å². The minimum atomic E-state index is 0.640. The number of benzene rings is 2. The molecule has 2 heterocycles. The summed E-state index contributed by atoms with van der Waals surface area (Å²) < 4.78 is 0. The van der Waals surface area contributed by atoms with E-state index in [0.29, 0.717) is 12.5 Å². The smallest absolute Gasteiger partial charge is 0.252 e. The molecule has 5 heteroatoms. The molecule has 0 bridgehead atoms. The maximum atomic E-state index is 4.87. The van der Waals surface area contributed by atoms with Crippen molar-refractivity contribution < 1.29 is 0 Å². The highest BCUT2D eigenvalue weighted by atomic mass is 15.4. The molecule has 0 aliphatic carbocycles. The van der Waals surface area contributed by atoms with E-state index in [1.165, 1.54) is 18.4 Å². The number of hydrogen-bond acceptors (Lipinski definition) is 5. The fourth-order valence-corrected chi connectivity index (χ4v) is 3.44. The van der Waals surface area contributed by atoms with Crippen LogP contribution in [0.4, 0.5) is 17.5 Å². The zero-order chi connectivity index (χ0) is 18.5. The minimum absolute atomic E-state index is 0.640. The normalized spacial score (nSPS) is 14.9. The summed E-state index contributed by atoms with van der Waals surface area (Å²) in [6.07, 6.45) is 4.18. The van der Waals surface area contributed by atoms with Gasteiger partial charge in [-0.3, -0.25) is 0 Å². The number of aromatic nitrogens is 3. The molecule has 0 spiro atoms. The number of nitrogens with zero attached hydrogens (tertiary/aromatic N) is 5. The van der Waals surface area contributed by atoms with Gasteiger partial charge < -0.3 is 9.80 Å². The molecule has 0 amide bonds. The second kappa shape index (κ2) is 8.16. The molecule has 4 rings (SSSR count). The van der Waals surface area contributed by atoms with Gasteiger partial charge in [-0.15, -0.1) is 5.10 Å². The highest BCUT2D eigenvalue weighted by molar-refractivity contribution is 5.58. The summed E-state index contributed by atoms with van der Waals surface area (Å²) in [6, 6.07) is 20.7. The number of piperidine rings is 1. The largest absolute Gasteiger partial charge is 0.355 e. The average Bonchev–Trinajstić information content (AvgIpc) is 2.74. The molecule has 5 nitrogen and oxygen atoms in total. The molecular formula is C22H25N5. The van der Waals surface area contributed by atoms with E-state index in [4.69, 9.17) is 4.98 Å². The topological polar surface area (TPSA) is 45.2 Å². The molecule has 1 saturated heterocycles. The predicted molar refractivity (Wildman–Crippen MR) is 109 cm³/mol. The van der Waals surface area contributed by atoms with E-state index < -0.39 is 0 Å². The van der Waals surface area contributed by atoms with Crippen molar-refractivity contribution in [3.05, 3.63) is 72.4 Å². The molecule has 0 unspecified atom stereocenters. The summed E-state index contributed by atoms with van der Waals surface area (Å²) in [6.45, 7) is 5.08. The zero-order valence-electron chi connectivity index (χ0n) is 15.7. The first-order valence-corrected chi connectivity index (χ1v) is 9.61. The van der Waals surface area contributed by atoms with E-state index in [0.717, 1.165) is 30.5 Å². The molecule has 1 aliphatic heterocycles. The number of rotatable bonds is 5. The second-order valence-electron chi connectivity index (χ2n) is 7.19. The van der Waals surface area contributed by atoms with Gasteiger partial charge in [0.25, 0.3) is 5.95 Å². The second-order valence-corrected chi connectivity index (χ2v) is 7.19. The summed E-state index contributed by atoms with van der Waals surface area (Å²) in [5, 5.41) is 8.63. The van der Waals surface area contributed by atoms with Gasteiger partial charge in [-0.1, -0.05) is 55.5 Å². The standard InChI is InChI=1S/C22H25N5/c1-18-12-14-26(15-13-18)21-16-23-25-22(24-21)27(20-10-6-3-7-11-20)17-19-8-4-2-5-9-19/h2-11,16,18H,12-15,17H2,1H3. The van der Waals surface area contributed by atoms with E-state index in [1.54, 1.807) is 6.20 Å². The van der Waals surface area contributed by atoms with Crippen LogP contribution in [0, 0.1) is 5.92 Å². The van der Waals surface area contributed by atoms with Crippen molar-refractivity contribution >= 4 is 17.5 Å². The van der Waals surface area contributed by atoms with Gasteiger partial charge in [0.05, 0.1) is 12.7 Å². The van der Waals surface area contributed by atoms with Crippen molar-refractivity contribution in [2.45, 2.75) is 26.3 Å². The summed E-state index contributed by atoms with van der Waals surface area (Å²) in [5.41, 5.74) is 2.27. The fraction of sp³-hybridized carbons (Fsp3) is 0.318. The van der Waals surface area contributed by atoms with Gasteiger partial charge in [0.2, 0.25) is 0 Å². The summed E-state index contributed by atoms with van der Waals surface area (Å²) in [4.78, 5) is 9.32. The van der Waals surface area contributed by atoms with Crippen LogP contribution in [0.1, 0.15) is 25.3 Å². The third-order valence-electron chi connectivity index (χ3n) is 5.14. The molecule has 0 atom stereocenters. The van der Waals surface area contributed by atoms with Gasteiger partial charge in [-0.05, 0) is 36.5 Å². The first-order valence-electron chi connectivity index (χ1n) is 9.61. The van der Waals surface area contributed by atoms with Crippen molar-refractivity contribution in [1.82, 2.24) is 15.2 Å². The van der Waals surface area contributed by atoms with Crippen molar-refractivity contribution in [2.75, 3.05) is 22.9 Å². The third-order valence-corrected chi connectivity index (χ3v) is 5.14. The van der Waals surface area contributed by atoms with Crippen LogP contribution in [0.15, 0.2) is 66.9 Å². The van der Waals surface area contributed by atoms with Gasteiger partial charge in [0.1, 0.15) is 0 Å². The Morgan fingerprint density at radius 1 is 0.963 bits per heavy atom. The van der Waals surface area contributed by atoms with Crippen molar-refractivity contribution in [3.8, 4) is 0 Å². The van der Waals surface area contributed by atoms with Crippen molar-refractivity contribution in [3.63, 3.8) is 0 Å². The monoisotopic (exact) mass is 359 g/mol. The molecule has 3 aromatic rings. The third kappa shape index (κ3) is 4.25. The van der Waals surface area contributed by atoms with Crippen LogP contribution in [0.3, 0.4) is 0 Å². The minimum Gasteiger partial charge on any atom is -0.355 e. The molecule has 1 fully saturated rings. The van der Waals surface area contributed by atoms with Gasteiger partial charge in [-0.2, -0.15) is 10.1 Å². The number of hydrogen-bond donors (Lipinski definition) is 0. The lowest BCUT2D eigenvalue weighted by molar-refractivity contribution is 0.436. The Morgan fingerprint density at radius 3 is 2.33 bits per heavy atom. The van der Waals surface area contributed by atoms with E-state index in [1.807, 2.05) is 24.3 Å². The Kier molecular flexibility index (Phi) is 5.28. The van der Waals surface area contributed by atoms with Crippen LogP contribution in [-0.2, 0) is 6.54 Å². The highest BCUT2D eigenvalue weighted by Crippen LogP contribution is 2.27. The van der Waals surface area contributed by atoms with Crippen LogP contribution >= 0.6 is 0 Å². The number of anilines is 3. The van der Waals surface area contributed by atoms with Gasteiger partial charge in [-0.25, -0.2) is 0 Å². The Hall–Kier alpha value is -2.95. The van der Waals surface area contributed by atoms with Crippen LogP contribution in [0.2, 0.25) is 0 Å². The first-order chi connectivity index (χ1) is 13.3. The molecule has 0 N–H and O–H groups in total. The lowest BCUT2D eigenvalue weighted by atomic mass is 9.99. The lowest BCUT2D eigenvalue weighted by Gasteiger charge is -2.31. The zero-order valence-corrected chi connectivity index (χ0v) is 15.7. The van der Waals surface area contributed by atoms with Gasteiger partial charge in [0, 0.05) is 18.8 Å². The Morgan fingerprint density at radius 2 is 1.63 bits per heavy atom. The van der Waals surface area contributed by atoms with Gasteiger partial charge in [0.15, 0.2) is 5.82 Å². The Labute approximate surface area is 160 Å². The SMILES string of the molecule is CC1CCN(c2cnnc(N(Cc3ccccc3)c3ccccc3)n2)CC1. The van der Waals surface area contributed by atoms with E-state index >= 15 is 0 Å². The highest BCUT2D eigenvalue weighted by Gasteiger charge is 2.20. The number of para-hydroxylation sites is 1. The molecule has 0 saturated carbocycles. The summed E-state index contributed by atoms with van der Waals surface area (Å²) in [7, 11) is 0. The first kappa shape index (κ1) is 17.5. The van der Waals surface area contributed by atoms with Crippen molar-refractivity contribution in [2.24, 2.45) is 5.92 Å². The van der Waals surface area contributed by atoms with E-state index in [-0.39, 0.29) is 0 Å². The predicted octanol–water partition coefficient (Wildman–Crippen LogP) is 4.45. The maximum absolute atomic E-state index is 4.87. The molecule has 1 aliphatic rings. The Balaban J connectivity index is 1.64. The van der Waals surface area contributed by atoms with E-state index in [2.05, 4.69) is 63.3 Å². The van der Waals surface area contributed by atoms with Gasteiger partial charge >= 0.3 is 0 Å². The molecule has 138 valence electrons. The molecular weight excluding hydrogens is 334 g/mol. The average molecular weight is 359 g/mol. The Bertz CT molecular complexity index is 845. The lowest BCUT2D eigenvalue weighted by Crippen LogP contribution is -2.34. The van der Waals surface area contributed by atoms with Crippen molar-refractivity contribution in [1.29, 1.82) is 0 Å². The quantitative estimate of drug-likeness (QED) is 0.674. The fourth-order valence-electron chi connectivity index (χ4n) is 3.44. The van der Waals surface area contributed by atoms with Crippen LogP contribution < -0.4 is 9.80 Å². The summed E-state index contributed by atoms with van der Waals surface area (Å²) in [5.74, 6) is 2.34. The van der Waals surface area contributed by atoms with Crippen LogP contribution in [-0.4, -0.2) is 28.3 Å². The maximum Gasteiger partial charge on any atom is 0.252 e. The molecule has 27 heavy (non-hydrogen) atoms. The molecule has 1 aromatic heterocycles. The van der Waals surface area contributed by atoms with E-state index in [9.17, 15) is 0 Å². The molecule has 2 aromatic carbocycles. The van der Waals surface area contributed by atoms with Crippen LogP contribution in [0.25, 0.3) is 0 Å². The molecule has 0 radical (unpaired) electrons.